The summed E-state index contributed by atoms with van der Waals surface area (Å²) in [6.45, 7) is 15.0. The summed E-state index contributed by atoms with van der Waals surface area (Å²) in [6.07, 6.45) is 0.951. The molecule has 0 bridgehead atoms. The van der Waals surface area contributed by atoms with Gasteiger partial charge in [-0.1, -0.05) is 51.1 Å². The van der Waals surface area contributed by atoms with Crippen molar-refractivity contribution in [3.05, 3.63) is 75.9 Å². The van der Waals surface area contributed by atoms with Gasteiger partial charge >= 0.3 is 0 Å². The fraction of sp³-hybridized carbons (Fsp3) is 0.448. The molecule has 2 aromatic carbocycles. The first-order chi connectivity index (χ1) is 17.4. The molecule has 1 amide bonds. The molecule has 0 aliphatic carbocycles. The minimum Gasteiger partial charge on any atom is -0.354 e. The van der Waals surface area contributed by atoms with Crippen LogP contribution in [0.4, 0.5) is 5.82 Å². The molecule has 3 aromatic rings. The standard InChI is InChI=1S/C29H38BrN5O/c1-5-32-17-19-33(20-18-32)28-26(23(4)31-35(28)24-11-7-6-8-12-24)21-34(16-15-22(2)3)29(36)25-13-9-10-14-27(25)30/h6-14,22H,5,15-21H2,1-4H3. The zero-order chi connectivity index (χ0) is 25.7. The number of para-hydroxylation sites is 1. The van der Waals surface area contributed by atoms with E-state index in [1.807, 2.05) is 35.2 Å². The summed E-state index contributed by atoms with van der Waals surface area (Å²) in [5, 5.41) is 5.01. The topological polar surface area (TPSA) is 44.6 Å². The molecule has 0 atom stereocenters. The normalized spacial score (nSPS) is 14.4. The molecule has 1 saturated heterocycles. The first-order valence-corrected chi connectivity index (χ1v) is 13.8. The van der Waals surface area contributed by atoms with Crippen LogP contribution in [-0.4, -0.2) is 64.8 Å². The highest BCUT2D eigenvalue weighted by Gasteiger charge is 2.28. The van der Waals surface area contributed by atoms with Crippen LogP contribution < -0.4 is 4.90 Å². The lowest BCUT2D eigenvalue weighted by Crippen LogP contribution is -2.47. The Labute approximate surface area is 224 Å². The van der Waals surface area contributed by atoms with E-state index in [0.29, 0.717) is 24.6 Å². The molecule has 0 saturated carbocycles. The summed E-state index contributed by atoms with van der Waals surface area (Å²) in [6, 6.07) is 18.1. The predicted octanol–water partition coefficient (Wildman–Crippen LogP) is 5.77. The van der Waals surface area contributed by atoms with Gasteiger partial charge in [0.25, 0.3) is 5.91 Å². The summed E-state index contributed by atoms with van der Waals surface area (Å²) in [7, 11) is 0. The molecule has 6 nitrogen and oxygen atoms in total. The lowest BCUT2D eigenvalue weighted by molar-refractivity contribution is 0.0734. The molecule has 7 heteroatoms. The van der Waals surface area contributed by atoms with Gasteiger partial charge in [0.15, 0.2) is 0 Å². The SMILES string of the molecule is CCN1CCN(c2c(CN(CCC(C)C)C(=O)c3ccccc3Br)c(C)nn2-c2ccccc2)CC1. The zero-order valence-electron chi connectivity index (χ0n) is 22.0. The highest BCUT2D eigenvalue weighted by atomic mass is 79.9. The van der Waals surface area contributed by atoms with Gasteiger partial charge in [-0.2, -0.15) is 5.10 Å². The molecule has 0 unspecified atom stereocenters. The van der Waals surface area contributed by atoms with Crippen LogP contribution in [0.3, 0.4) is 0 Å². The third kappa shape index (κ3) is 6.01. The van der Waals surface area contributed by atoms with Crippen molar-refractivity contribution in [2.75, 3.05) is 44.2 Å². The maximum atomic E-state index is 13.8. The van der Waals surface area contributed by atoms with Crippen LogP contribution in [0, 0.1) is 12.8 Å². The molecule has 0 radical (unpaired) electrons. The molecule has 36 heavy (non-hydrogen) atoms. The monoisotopic (exact) mass is 551 g/mol. The molecule has 1 fully saturated rings. The number of aromatic nitrogens is 2. The number of hydrogen-bond donors (Lipinski definition) is 0. The number of halogens is 1. The van der Waals surface area contributed by atoms with Crippen molar-refractivity contribution in [2.24, 2.45) is 5.92 Å². The van der Waals surface area contributed by atoms with Crippen molar-refractivity contribution in [2.45, 2.75) is 40.7 Å². The molecule has 0 spiro atoms. The molecule has 1 aliphatic heterocycles. The van der Waals surface area contributed by atoms with Gasteiger partial charge in [0.1, 0.15) is 5.82 Å². The number of hydrogen-bond acceptors (Lipinski definition) is 4. The van der Waals surface area contributed by atoms with Crippen molar-refractivity contribution < 1.29 is 4.79 Å². The Hall–Kier alpha value is -2.64. The summed E-state index contributed by atoms with van der Waals surface area (Å²) in [4.78, 5) is 20.7. The van der Waals surface area contributed by atoms with Crippen LogP contribution in [0.15, 0.2) is 59.1 Å². The number of amides is 1. The highest BCUT2D eigenvalue weighted by molar-refractivity contribution is 9.10. The lowest BCUT2D eigenvalue weighted by Gasteiger charge is -2.36. The summed E-state index contributed by atoms with van der Waals surface area (Å²) in [5.41, 5.74) is 3.85. The van der Waals surface area contributed by atoms with Gasteiger partial charge in [-0.25, -0.2) is 4.68 Å². The van der Waals surface area contributed by atoms with E-state index in [-0.39, 0.29) is 5.91 Å². The number of carbonyl (C=O) groups excluding carboxylic acids is 1. The fourth-order valence-electron chi connectivity index (χ4n) is 4.74. The van der Waals surface area contributed by atoms with E-state index in [2.05, 4.69) is 82.4 Å². The van der Waals surface area contributed by atoms with Crippen molar-refractivity contribution in [1.82, 2.24) is 19.6 Å². The average Bonchev–Trinajstić information content (AvgIpc) is 3.22. The van der Waals surface area contributed by atoms with Gasteiger partial charge in [-0.3, -0.25) is 4.79 Å². The van der Waals surface area contributed by atoms with E-state index < -0.39 is 0 Å². The van der Waals surface area contributed by atoms with Crippen LogP contribution in [0.2, 0.25) is 0 Å². The number of rotatable bonds is 9. The number of aryl methyl sites for hydroxylation is 1. The molecule has 1 aromatic heterocycles. The Balaban J connectivity index is 1.74. The minimum atomic E-state index is 0.0525. The van der Waals surface area contributed by atoms with E-state index in [1.54, 1.807) is 0 Å². The van der Waals surface area contributed by atoms with Crippen LogP contribution in [0.5, 0.6) is 0 Å². The summed E-state index contributed by atoms with van der Waals surface area (Å²) >= 11 is 3.59. The Bertz CT molecular complexity index is 1150. The number of anilines is 1. The average molecular weight is 553 g/mol. The zero-order valence-corrected chi connectivity index (χ0v) is 23.5. The Kier molecular flexibility index (Phi) is 8.86. The summed E-state index contributed by atoms with van der Waals surface area (Å²) in [5.74, 6) is 1.68. The fourth-order valence-corrected chi connectivity index (χ4v) is 5.20. The smallest absolute Gasteiger partial charge is 0.255 e. The largest absolute Gasteiger partial charge is 0.354 e. The third-order valence-electron chi connectivity index (χ3n) is 6.99. The number of piperazine rings is 1. The number of carbonyl (C=O) groups is 1. The molecule has 1 aliphatic rings. The number of benzene rings is 2. The van der Waals surface area contributed by atoms with E-state index >= 15 is 0 Å². The van der Waals surface area contributed by atoms with Gasteiger partial charge < -0.3 is 14.7 Å². The van der Waals surface area contributed by atoms with Gasteiger partial charge in [-0.05, 0) is 66.0 Å². The molecule has 192 valence electrons. The molecule has 4 rings (SSSR count). The first-order valence-electron chi connectivity index (χ1n) is 13.0. The van der Waals surface area contributed by atoms with E-state index in [0.717, 1.165) is 66.4 Å². The van der Waals surface area contributed by atoms with Gasteiger partial charge in [0, 0.05) is 42.8 Å². The predicted molar refractivity (Wildman–Crippen MR) is 151 cm³/mol. The van der Waals surface area contributed by atoms with Crippen LogP contribution in [-0.2, 0) is 6.54 Å². The lowest BCUT2D eigenvalue weighted by atomic mass is 10.1. The van der Waals surface area contributed by atoms with Crippen LogP contribution in [0.25, 0.3) is 5.69 Å². The van der Waals surface area contributed by atoms with E-state index in [9.17, 15) is 4.79 Å². The molecular formula is C29H38BrN5O. The van der Waals surface area contributed by atoms with Gasteiger partial charge in [-0.15, -0.1) is 0 Å². The molecule has 0 N–H and O–H groups in total. The van der Waals surface area contributed by atoms with Crippen molar-refractivity contribution in [3.8, 4) is 5.69 Å². The summed E-state index contributed by atoms with van der Waals surface area (Å²) < 4.78 is 2.91. The quantitative estimate of drug-likeness (QED) is 0.338. The van der Waals surface area contributed by atoms with Gasteiger partial charge in [0.2, 0.25) is 0 Å². The van der Waals surface area contributed by atoms with Crippen LogP contribution >= 0.6 is 15.9 Å². The number of likely N-dealkylation sites (N-methyl/N-ethyl adjacent to an activating group) is 1. The highest BCUT2D eigenvalue weighted by Crippen LogP contribution is 2.31. The first kappa shape index (κ1) is 26.4. The molecule has 2 heterocycles. The maximum absolute atomic E-state index is 13.8. The second-order valence-electron chi connectivity index (χ2n) is 9.95. The Morgan fingerprint density at radius 3 is 2.33 bits per heavy atom. The Morgan fingerprint density at radius 2 is 1.69 bits per heavy atom. The second-order valence-corrected chi connectivity index (χ2v) is 10.8. The maximum Gasteiger partial charge on any atom is 0.255 e. The molecular weight excluding hydrogens is 514 g/mol. The van der Waals surface area contributed by atoms with Crippen LogP contribution in [0.1, 0.15) is 48.8 Å². The van der Waals surface area contributed by atoms with Crippen molar-refractivity contribution >= 4 is 27.7 Å². The van der Waals surface area contributed by atoms with E-state index in [4.69, 9.17) is 5.10 Å². The van der Waals surface area contributed by atoms with Gasteiger partial charge in [0.05, 0.1) is 23.5 Å². The van der Waals surface area contributed by atoms with E-state index in [1.165, 1.54) is 0 Å². The van der Waals surface area contributed by atoms with Crippen molar-refractivity contribution in [1.29, 1.82) is 0 Å². The Morgan fingerprint density at radius 1 is 1.03 bits per heavy atom. The van der Waals surface area contributed by atoms with Crippen molar-refractivity contribution in [3.63, 3.8) is 0 Å². The second kappa shape index (κ2) is 12.1. The minimum absolute atomic E-state index is 0.0525. The number of nitrogens with zero attached hydrogens (tertiary/aromatic N) is 5. The third-order valence-corrected chi connectivity index (χ3v) is 7.69.